The Labute approximate surface area is 265 Å². The van der Waals surface area contributed by atoms with Gasteiger partial charge in [-0.15, -0.1) is 6.58 Å². The third kappa shape index (κ3) is 7.03. The molecule has 0 bridgehead atoms. The number of nitrogens with one attached hydrogen (secondary N) is 1. The Morgan fingerprint density at radius 1 is 1.07 bits per heavy atom. The van der Waals surface area contributed by atoms with Gasteiger partial charge < -0.3 is 20.1 Å². The molecule has 0 spiro atoms. The first kappa shape index (κ1) is 32.2. The monoisotopic (exact) mass is 632 g/mol. The average molecular weight is 633 g/mol. The van der Waals surface area contributed by atoms with Crippen LogP contribution in [0.4, 0.5) is 14.6 Å². The second-order valence-electron chi connectivity index (χ2n) is 10.6. The lowest BCUT2D eigenvalue weighted by molar-refractivity contribution is 0.295. The van der Waals surface area contributed by atoms with Gasteiger partial charge in [-0.1, -0.05) is 61.4 Å². The number of aromatic nitrogens is 4. The van der Waals surface area contributed by atoms with Gasteiger partial charge in [-0.25, -0.2) is 8.78 Å². The molecule has 2 aromatic carbocycles. The minimum absolute atomic E-state index is 0.0270. The van der Waals surface area contributed by atoms with Crippen molar-refractivity contribution in [3.8, 4) is 17.3 Å². The first-order valence-electron chi connectivity index (χ1n) is 14.8. The molecule has 6 rings (SSSR count). The van der Waals surface area contributed by atoms with Crippen molar-refractivity contribution in [2.75, 3.05) is 31.7 Å². The Kier molecular flexibility index (Phi) is 10.5. The maximum atomic E-state index is 16.6. The Hall–Kier alpha value is -4.25. The summed E-state index contributed by atoms with van der Waals surface area (Å²) in [6.45, 7) is 7.58. The summed E-state index contributed by atoms with van der Waals surface area (Å²) < 4.78 is 35.8. The van der Waals surface area contributed by atoms with Crippen LogP contribution < -0.4 is 15.0 Å². The summed E-state index contributed by atoms with van der Waals surface area (Å²) in [4.78, 5) is 20.1. The van der Waals surface area contributed by atoms with Crippen LogP contribution in [0.5, 0.6) is 6.01 Å². The van der Waals surface area contributed by atoms with Gasteiger partial charge in [0.05, 0.1) is 18.2 Å². The molecule has 45 heavy (non-hydrogen) atoms. The van der Waals surface area contributed by atoms with E-state index in [9.17, 15) is 4.39 Å². The van der Waals surface area contributed by atoms with E-state index in [0.717, 1.165) is 31.5 Å². The summed E-state index contributed by atoms with van der Waals surface area (Å²) >= 11 is 6.58. The maximum Gasteiger partial charge on any atom is 0.319 e. The van der Waals surface area contributed by atoms with Gasteiger partial charge in [0.2, 0.25) is 0 Å². The van der Waals surface area contributed by atoms with Crippen LogP contribution in [0.25, 0.3) is 32.9 Å². The lowest BCUT2D eigenvalue weighted by Crippen LogP contribution is -2.56. The zero-order chi connectivity index (χ0) is 31.9. The molecule has 2 unspecified atom stereocenters. The fourth-order valence-electron chi connectivity index (χ4n) is 5.63. The van der Waals surface area contributed by atoms with E-state index in [1.165, 1.54) is 6.07 Å². The molecule has 1 aliphatic rings. The second kappa shape index (κ2) is 14.7. The Morgan fingerprint density at radius 3 is 2.60 bits per heavy atom. The van der Waals surface area contributed by atoms with Crippen molar-refractivity contribution in [2.24, 2.45) is 0 Å². The first-order chi connectivity index (χ1) is 21.9. The molecular weight excluding hydrogens is 598 g/mol. The second-order valence-corrected chi connectivity index (χ2v) is 11.0. The number of rotatable bonds is 9. The molecule has 1 saturated heterocycles. The van der Waals surface area contributed by atoms with Gasteiger partial charge in [-0.05, 0) is 30.0 Å². The number of fused-ring (bicyclic) bond motifs is 2. The maximum absolute atomic E-state index is 16.6. The van der Waals surface area contributed by atoms with Gasteiger partial charge >= 0.3 is 6.01 Å². The molecule has 234 valence electrons. The number of nitrogens with zero attached hydrogens (tertiary/aromatic N) is 5. The number of hydrogen-bond donors (Lipinski definition) is 2. The molecule has 0 amide bonds. The fraction of sp³-hybridized carbons (Fsp3) is 0.294. The molecule has 2 N–H and O–H groups in total. The SMILES string of the molecule is C=CC1CN(c2nc(OCCc3ccc(F)cn3)nc3c(F)c(-c4cccc5cccc(Cl)c45)ncc23)CC(CCC)N1.CO. The molecule has 1 fully saturated rings. The predicted octanol–water partition coefficient (Wildman–Crippen LogP) is 6.53. The van der Waals surface area contributed by atoms with Crippen molar-refractivity contribution in [1.82, 2.24) is 25.3 Å². The van der Waals surface area contributed by atoms with Gasteiger partial charge in [0.25, 0.3) is 0 Å². The van der Waals surface area contributed by atoms with Crippen molar-refractivity contribution in [3.05, 3.63) is 95.9 Å². The number of piperazine rings is 1. The summed E-state index contributed by atoms with van der Waals surface area (Å²) in [7, 11) is 1.00. The molecule has 3 aromatic heterocycles. The molecule has 8 nitrogen and oxygen atoms in total. The molecule has 11 heteroatoms. The van der Waals surface area contributed by atoms with Crippen LogP contribution in [0.2, 0.25) is 5.02 Å². The summed E-state index contributed by atoms with van der Waals surface area (Å²) in [5.41, 5.74) is 1.48. The minimum atomic E-state index is -0.584. The number of aliphatic hydroxyl groups is 1. The lowest BCUT2D eigenvalue weighted by Gasteiger charge is -2.39. The van der Waals surface area contributed by atoms with Crippen LogP contribution >= 0.6 is 11.6 Å². The number of benzene rings is 2. The van der Waals surface area contributed by atoms with Crippen LogP contribution in [0.3, 0.4) is 0 Å². The molecule has 1 aliphatic heterocycles. The number of ether oxygens (including phenoxy) is 1. The minimum Gasteiger partial charge on any atom is -0.463 e. The topological polar surface area (TPSA) is 96.3 Å². The first-order valence-corrected chi connectivity index (χ1v) is 15.2. The highest BCUT2D eigenvalue weighted by molar-refractivity contribution is 6.36. The summed E-state index contributed by atoms with van der Waals surface area (Å²) in [5.74, 6) is -0.447. The summed E-state index contributed by atoms with van der Waals surface area (Å²) in [6, 6.07) is 14.4. The fourth-order valence-corrected chi connectivity index (χ4v) is 5.92. The van der Waals surface area contributed by atoms with E-state index >= 15 is 4.39 Å². The molecule has 5 aromatic rings. The standard InChI is InChI=1S/C33H31ClF2N6O.CH4O/c1-3-7-24-19-42(18-22(4-2)39-24)32-26-17-38-30(25-10-5-8-20-9-6-11-27(34)28(20)25)29(36)31(26)40-33(41-32)43-15-14-23-13-12-21(35)16-37-23;1-2/h4-6,8-13,16-17,22,24,39H,2-3,7,14-15,18-19H2,1H3;2H,1H3. The molecule has 2 atom stereocenters. The molecular formula is C34H35ClF2N6O2. The number of pyridine rings is 2. The smallest absolute Gasteiger partial charge is 0.319 e. The van der Waals surface area contributed by atoms with Crippen molar-refractivity contribution < 1.29 is 18.6 Å². The van der Waals surface area contributed by atoms with E-state index in [0.29, 0.717) is 52.4 Å². The zero-order valence-corrected chi connectivity index (χ0v) is 25.9. The molecule has 4 heterocycles. The van der Waals surface area contributed by atoms with E-state index in [-0.39, 0.29) is 35.9 Å². The van der Waals surface area contributed by atoms with E-state index < -0.39 is 11.6 Å². The number of aliphatic hydroxyl groups excluding tert-OH is 1. The highest BCUT2D eigenvalue weighted by atomic mass is 35.5. The van der Waals surface area contributed by atoms with E-state index in [1.54, 1.807) is 24.4 Å². The average Bonchev–Trinajstić information content (AvgIpc) is 3.06. The molecule has 0 aliphatic carbocycles. The van der Waals surface area contributed by atoms with Crippen LogP contribution in [0.15, 0.2) is 73.6 Å². The third-order valence-corrected chi connectivity index (χ3v) is 7.97. The summed E-state index contributed by atoms with van der Waals surface area (Å²) in [6.07, 6.45) is 7.06. The zero-order valence-electron chi connectivity index (χ0n) is 25.2. The van der Waals surface area contributed by atoms with E-state index in [1.807, 2.05) is 30.3 Å². The van der Waals surface area contributed by atoms with Crippen molar-refractivity contribution in [2.45, 2.75) is 38.3 Å². The quantitative estimate of drug-likeness (QED) is 0.177. The normalized spacial score (nSPS) is 16.4. The van der Waals surface area contributed by atoms with Gasteiger partial charge in [0.15, 0.2) is 5.82 Å². The van der Waals surface area contributed by atoms with Gasteiger partial charge in [-0.3, -0.25) is 9.97 Å². The highest BCUT2D eigenvalue weighted by Crippen LogP contribution is 2.37. The van der Waals surface area contributed by atoms with Crippen molar-refractivity contribution in [3.63, 3.8) is 0 Å². The van der Waals surface area contributed by atoms with Gasteiger partial charge in [-0.2, -0.15) is 9.97 Å². The lowest BCUT2D eigenvalue weighted by atomic mass is 10.0. The summed E-state index contributed by atoms with van der Waals surface area (Å²) in [5, 5.41) is 13.2. The van der Waals surface area contributed by atoms with Crippen LogP contribution in [-0.2, 0) is 6.42 Å². The largest absolute Gasteiger partial charge is 0.463 e. The Balaban J connectivity index is 0.00000196. The van der Waals surface area contributed by atoms with Crippen LogP contribution in [0.1, 0.15) is 25.5 Å². The predicted molar refractivity (Wildman–Crippen MR) is 175 cm³/mol. The third-order valence-electron chi connectivity index (χ3n) is 7.66. The van der Waals surface area contributed by atoms with Crippen molar-refractivity contribution in [1.29, 1.82) is 0 Å². The number of halogens is 3. The van der Waals surface area contributed by atoms with Gasteiger partial charge in [0.1, 0.15) is 22.8 Å². The molecule has 0 saturated carbocycles. The van der Waals surface area contributed by atoms with E-state index in [2.05, 4.69) is 38.7 Å². The Bertz CT molecular complexity index is 1780. The number of anilines is 1. The number of hydrogen-bond acceptors (Lipinski definition) is 8. The van der Waals surface area contributed by atoms with E-state index in [4.69, 9.17) is 26.4 Å². The molecule has 0 radical (unpaired) electrons. The highest BCUT2D eigenvalue weighted by Gasteiger charge is 2.29. The Morgan fingerprint density at radius 2 is 1.87 bits per heavy atom. The van der Waals surface area contributed by atoms with Crippen LogP contribution in [-0.4, -0.2) is 63.9 Å². The van der Waals surface area contributed by atoms with Crippen LogP contribution in [0, 0.1) is 11.6 Å². The van der Waals surface area contributed by atoms with Gasteiger partial charge in [0, 0.05) is 66.6 Å². The van der Waals surface area contributed by atoms with Crippen molar-refractivity contribution >= 4 is 39.1 Å².